The van der Waals surface area contributed by atoms with Crippen molar-refractivity contribution in [2.45, 2.75) is 75.2 Å². The molecule has 8 atom stereocenters. The Morgan fingerprint density at radius 2 is 1.82 bits per heavy atom. The summed E-state index contributed by atoms with van der Waals surface area (Å²) in [6.07, 6.45) is 8.61. The molecule has 0 radical (unpaired) electrons. The average Bonchev–Trinajstić information content (AvgIpc) is 2.77. The number of rotatable bonds is 0. The summed E-state index contributed by atoms with van der Waals surface area (Å²) in [5.41, 5.74) is 0.549. The van der Waals surface area contributed by atoms with E-state index in [9.17, 15) is 9.90 Å². The highest BCUT2D eigenvalue weighted by molar-refractivity contribution is 14.1. The maximum Gasteiger partial charge on any atom is 0.133 e. The first-order valence-corrected chi connectivity index (χ1v) is 10.4. The standard InChI is InChI=1S/C19H29IO2/c1-18-7-5-12(21)9-11(18)10-15(20)17-13-3-4-16(22)19(13,2)8-6-14(17)18/h11,13-17,22H,3-10H2,1-2H3/t11-,13+,14+,15-,16+,17+,18+,19+/m1/s1. The third-order valence-corrected chi connectivity index (χ3v) is 9.75. The third-order valence-electron chi connectivity index (χ3n) is 8.41. The van der Waals surface area contributed by atoms with E-state index in [1.807, 2.05) is 0 Å². The minimum atomic E-state index is -0.0829. The molecule has 0 aromatic heterocycles. The predicted octanol–water partition coefficient (Wildman–Crippen LogP) is 4.37. The van der Waals surface area contributed by atoms with Crippen LogP contribution >= 0.6 is 22.6 Å². The van der Waals surface area contributed by atoms with Gasteiger partial charge in [0.1, 0.15) is 5.78 Å². The van der Waals surface area contributed by atoms with Gasteiger partial charge in [0.2, 0.25) is 0 Å². The maximum absolute atomic E-state index is 12.0. The van der Waals surface area contributed by atoms with Crippen LogP contribution in [0.5, 0.6) is 0 Å². The fraction of sp³-hybridized carbons (Fsp3) is 0.947. The summed E-state index contributed by atoms with van der Waals surface area (Å²) in [5, 5.41) is 10.5. The summed E-state index contributed by atoms with van der Waals surface area (Å²) in [5.74, 6) is 3.38. The predicted molar refractivity (Wildman–Crippen MR) is 95.9 cm³/mol. The Kier molecular flexibility index (Phi) is 3.73. The lowest BCUT2D eigenvalue weighted by Crippen LogP contribution is -2.57. The Bertz CT molecular complexity index is 492. The highest BCUT2D eigenvalue weighted by Crippen LogP contribution is 2.66. The molecule has 4 aliphatic carbocycles. The lowest BCUT2D eigenvalue weighted by Gasteiger charge is -2.61. The zero-order valence-electron chi connectivity index (χ0n) is 13.9. The Morgan fingerprint density at radius 3 is 2.59 bits per heavy atom. The number of halogens is 1. The number of ketones is 1. The largest absolute Gasteiger partial charge is 0.393 e. The van der Waals surface area contributed by atoms with Crippen LogP contribution in [0.1, 0.15) is 65.2 Å². The second-order valence-electron chi connectivity index (χ2n) is 9.13. The van der Waals surface area contributed by atoms with Crippen LogP contribution in [-0.4, -0.2) is 20.9 Å². The molecule has 4 fully saturated rings. The fourth-order valence-electron chi connectivity index (χ4n) is 6.93. The molecule has 0 spiro atoms. The van der Waals surface area contributed by atoms with Gasteiger partial charge in [0, 0.05) is 16.8 Å². The molecule has 3 heteroatoms. The SMILES string of the molecule is C[C@]12CCC(=O)C[C@@H]1C[C@@H](I)[C@@H]1[C@@H]2CC[C@]2(C)[C@@H](O)CC[C@@H]12. The van der Waals surface area contributed by atoms with Crippen molar-refractivity contribution in [3.8, 4) is 0 Å². The molecule has 0 amide bonds. The van der Waals surface area contributed by atoms with Gasteiger partial charge >= 0.3 is 0 Å². The second-order valence-corrected chi connectivity index (χ2v) is 10.7. The molecule has 0 aromatic carbocycles. The van der Waals surface area contributed by atoms with Gasteiger partial charge in [0.25, 0.3) is 0 Å². The van der Waals surface area contributed by atoms with E-state index < -0.39 is 0 Å². The number of carbonyl (C=O) groups excluding carboxylic acids is 1. The number of Topliss-reactive ketones (excluding diaryl/α,β-unsaturated/α-hetero) is 1. The zero-order chi connectivity index (χ0) is 15.7. The lowest BCUT2D eigenvalue weighted by atomic mass is 9.45. The highest BCUT2D eigenvalue weighted by Gasteiger charge is 2.62. The van der Waals surface area contributed by atoms with E-state index in [0.29, 0.717) is 27.0 Å². The van der Waals surface area contributed by atoms with E-state index in [2.05, 4.69) is 36.4 Å². The molecule has 4 rings (SSSR count). The number of hydrogen-bond acceptors (Lipinski definition) is 2. The number of carbonyl (C=O) groups is 1. The van der Waals surface area contributed by atoms with Crippen molar-refractivity contribution in [3.05, 3.63) is 0 Å². The van der Waals surface area contributed by atoms with Crippen molar-refractivity contribution in [3.63, 3.8) is 0 Å². The topological polar surface area (TPSA) is 37.3 Å². The van der Waals surface area contributed by atoms with Gasteiger partial charge in [-0.15, -0.1) is 0 Å². The fourth-order valence-corrected chi connectivity index (χ4v) is 8.55. The van der Waals surface area contributed by atoms with E-state index in [1.165, 1.54) is 25.7 Å². The van der Waals surface area contributed by atoms with Crippen molar-refractivity contribution in [1.29, 1.82) is 0 Å². The Morgan fingerprint density at radius 1 is 1.09 bits per heavy atom. The van der Waals surface area contributed by atoms with Gasteiger partial charge in [-0.1, -0.05) is 36.4 Å². The van der Waals surface area contributed by atoms with Crippen LogP contribution in [0.3, 0.4) is 0 Å². The van der Waals surface area contributed by atoms with Crippen molar-refractivity contribution in [1.82, 2.24) is 0 Å². The van der Waals surface area contributed by atoms with Crippen molar-refractivity contribution in [2.75, 3.05) is 0 Å². The molecular formula is C19H29IO2. The summed E-state index contributed by atoms with van der Waals surface area (Å²) in [4.78, 5) is 12.0. The van der Waals surface area contributed by atoms with E-state index in [4.69, 9.17) is 0 Å². The van der Waals surface area contributed by atoms with Crippen LogP contribution in [0.25, 0.3) is 0 Å². The number of alkyl halides is 1. The first kappa shape index (κ1) is 15.9. The number of hydrogen-bond donors (Lipinski definition) is 1. The van der Waals surface area contributed by atoms with Gasteiger partial charge < -0.3 is 5.11 Å². The van der Waals surface area contributed by atoms with Crippen molar-refractivity contribution in [2.24, 2.45) is 34.5 Å². The molecule has 0 aromatic rings. The third kappa shape index (κ3) is 2.03. The van der Waals surface area contributed by atoms with Crippen LogP contribution in [-0.2, 0) is 4.79 Å². The Balaban J connectivity index is 1.68. The van der Waals surface area contributed by atoms with Gasteiger partial charge in [-0.2, -0.15) is 0 Å². The quantitative estimate of drug-likeness (QED) is 0.470. The molecule has 4 saturated carbocycles. The van der Waals surface area contributed by atoms with Crippen molar-refractivity contribution < 1.29 is 9.90 Å². The smallest absolute Gasteiger partial charge is 0.133 e. The van der Waals surface area contributed by atoms with E-state index in [0.717, 1.165) is 37.5 Å². The molecule has 4 aliphatic rings. The van der Waals surface area contributed by atoms with Crippen LogP contribution in [0.15, 0.2) is 0 Å². The average molecular weight is 416 g/mol. The highest BCUT2D eigenvalue weighted by atomic mass is 127. The molecular weight excluding hydrogens is 387 g/mol. The van der Waals surface area contributed by atoms with Gasteiger partial charge in [-0.05, 0) is 73.0 Å². The zero-order valence-corrected chi connectivity index (χ0v) is 16.0. The molecule has 2 nitrogen and oxygen atoms in total. The van der Waals surface area contributed by atoms with Gasteiger partial charge in [-0.25, -0.2) is 0 Å². The van der Waals surface area contributed by atoms with Crippen LogP contribution in [0, 0.1) is 34.5 Å². The molecule has 0 unspecified atom stereocenters. The summed E-state index contributed by atoms with van der Waals surface area (Å²) in [7, 11) is 0. The summed E-state index contributed by atoms with van der Waals surface area (Å²) in [6.45, 7) is 4.85. The molecule has 0 heterocycles. The first-order valence-electron chi connectivity index (χ1n) is 9.20. The normalized spacial score (nSPS) is 57.9. The summed E-state index contributed by atoms with van der Waals surface area (Å²) < 4.78 is 0.696. The number of fused-ring (bicyclic) bond motifs is 5. The Hall–Kier alpha value is 0.360. The number of aliphatic hydroxyl groups excluding tert-OH is 1. The minimum absolute atomic E-state index is 0.0829. The minimum Gasteiger partial charge on any atom is -0.393 e. The lowest BCUT2D eigenvalue weighted by molar-refractivity contribution is -0.139. The molecule has 124 valence electrons. The van der Waals surface area contributed by atoms with Crippen LogP contribution in [0.4, 0.5) is 0 Å². The molecule has 0 aliphatic heterocycles. The van der Waals surface area contributed by atoms with Gasteiger partial charge in [-0.3, -0.25) is 4.79 Å². The van der Waals surface area contributed by atoms with Gasteiger partial charge in [0.05, 0.1) is 6.10 Å². The van der Waals surface area contributed by atoms with E-state index in [-0.39, 0.29) is 11.5 Å². The monoisotopic (exact) mass is 416 g/mol. The molecule has 22 heavy (non-hydrogen) atoms. The first-order chi connectivity index (χ1) is 10.4. The molecule has 0 bridgehead atoms. The van der Waals surface area contributed by atoms with Crippen molar-refractivity contribution >= 4 is 28.4 Å². The molecule has 0 saturated heterocycles. The maximum atomic E-state index is 12.0. The Labute approximate surface area is 148 Å². The van der Waals surface area contributed by atoms with E-state index in [1.54, 1.807) is 0 Å². The number of aliphatic hydroxyl groups is 1. The van der Waals surface area contributed by atoms with Crippen LogP contribution in [0.2, 0.25) is 0 Å². The van der Waals surface area contributed by atoms with Crippen LogP contribution < -0.4 is 0 Å². The summed E-state index contributed by atoms with van der Waals surface area (Å²) in [6, 6.07) is 0. The van der Waals surface area contributed by atoms with E-state index >= 15 is 0 Å². The second kappa shape index (κ2) is 5.18. The summed E-state index contributed by atoms with van der Waals surface area (Å²) >= 11 is 2.69. The molecule has 1 N–H and O–H groups in total. The van der Waals surface area contributed by atoms with Gasteiger partial charge in [0.15, 0.2) is 0 Å².